The highest BCUT2D eigenvalue weighted by atomic mass is 32.2. The van der Waals surface area contributed by atoms with E-state index in [0.717, 1.165) is 23.5 Å². The summed E-state index contributed by atoms with van der Waals surface area (Å²) in [5, 5.41) is 6.41. The number of thioether (sulfide) groups is 1. The molecule has 2 aliphatic rings. The fraction of sp³-hybridized carbons (Fsp3) is 0.333. The fourth-order valence-corrected chi connectivity index (χ4v) is 5.84. The average Bonchev–Trinajstić information content (AvgIpc) is 3.51. The van der Waals surface area contributed by atoms with Gasteiger partial charge in [0.05, 0.1) is 0 Å². The summed E-state index contributed by atoms with van der Waals surface area (Å²) in [6.07, 6.45) is -2.32. The summed E-state index contributed by atoms with van der Waals surface area (Å²) in [6, 6.07) is 21.3. The summed E-state index contributed by atoms with van der Waals surface area (Å²) in [5.74, 6) is 0.796. The molecule has 30 heavy (non-hydrogen) atoms. The van der Waals surface area contributed by atoms with Crippen molar-refractivity contribution >= 4 is 22.5 Å². The van der Waals surface area contributed by atoms with E-state index in [-0.39, 0.29) is 17.3 Å². The van der Waals surface area contributed by atoms with E-state index in [4.69, 9.17) is 0 Å². The number of halogens is 3. The van der Waals surface area contributed by atoms with Crippen LogP contribution in [-0.4, -0.2) is 17.7 Å². The van der Waals surface area contributed by atoms with E-state index in [1.54, 1.807) is 23.9 Å². The standard InChI is InChI=1S/C24H22F3NOS/c1-16(20-8-4-6-17-5-2-3-7-21(17)20)28-23-13-22(23,14-23)15-30-19-11-9-18(10-12-19)29-24(25,26)27/h2-12,16,28H,13-15H2,1H3/t16-,22?,23?/m1/s1. The van der Waals surface area contributed by atoms with Gasteiger partial charge in [-0.1, -0.05) is 42.5 Å². The SMILES string of the molecule is C[C@@H](NC12CC1(CSc1ccc(OC(F)(F)F)cc1)C2)c1cccc2ccccc12. The van der Waals surface area contributed by atoms with Crippen molar-refractivity contribution in [3.05, 3.63) is 72.3 Å². The summed E-state index contributed by atoms with van der Waals surface area (Å²) in [7, 11) is 0. The summed E-state index contributed by atoms with van der Waals surface area (Å²) in [4.78, 5) is 0.966. The molecule has 2 fully saturated rings. The molecule has 2 aliphatic carbocycles. The number of ether oxygens (including phenoxy) is 1. The van der Waals surface area contributed by atoms with E-state index in [9.17, 15) is 13.2 Å². The topological polar surface area (TPSA) is 21.3 Å². The summed E-state index contributed by atoms with van der Waals surface area (Å²) >= 11 is 1.71. The molecule has 0 spiro atoms. The Morgan fingerprint density at radius 1 is 1.00 bits per heavy atom. The fourth-order valence-electron chi connectivity index (χ4n) is 4.59. The van der Waals surface area contributed by atoms with Crippen molar-refractivity contribution in [1.29, 1.82) is 0 Å². The molecule has 0 bridgehead atoms. The lowest BCUT2D eigenvalue weighted by Crippen LogP contribution is -2.26. The van der Waals surface area contributed by atoms with Crippen molar-refractivity contribution < 1.29 is 17.9 Å². The molecule has 2 saturated carbocycles. The van der Waals surface area contributed by atoms with Gasteiger partial charge in [-0.3, -0.25) is 0 Å². The first kappa shape index (κ1) is 19.8. The van der Waals surface area contributed by atoms with E-state index in [1.165, 1.54) is 28.5 Å². The van der Waals surface area contributed by atoms with Crippen LogP contribution in [0.5, 0.6) is 5.75 Å². The molecule has 0 amide bonds. The Morgan fingerprint density at radius 2 is 1.70 bits per heavy atom. The van der Waals surface area contributed by atoms with Crippen molar-refractivity contribution in [3.8, 4) is 5.75 Å². The lowest BCUT2D eigenvalue weighted by molar-refractivity contribution is -0.274. The molecule has 1 N–H and O–H groups in total. The van der Waals surface area contributed by atoms with Gasteiger partial charge in [0, 0.05) is 27.6 Å². The predicted molar refractivity (Wildman–Crippen MR) is 114 cm³/mol. The lowest BCUT2D eigenvalue weighted by atomic mass is 9.99. The highest BCUT2D eigenvalue weighted by Crippen LogP contribution is 2.80. The minimum Gasteiger partial charge on any atom is -0.406 e. The summed E-state index contributed by atoms with van der Waals surface area (Å²) in [5.41, 5.74) is 1.86. The predicted octanol–water partition coefficient (Wildman–Crippen LogP) is 6.71. The van der Waals surface area contributed by atoms with Gasteiger partial charge in [-0.2, -0.15) is 0 Å². The Morgan fingerprint density at radius 3 is 2.43 bits per heavy atom. The van der Waals surface area contributed by atoms with Crippen LogP contribution in [0.3, 0.4) is 0 Å². The molecule has 3 aromatic rings. The number of hydrogen-bond donors (Lipinski definition) is 1. The minimum atomic E-state index is -4.65. The van der Waals surface area contributed by atoms with E-state index in [1.807, 2.05) is 0 Å². The number of nitrogens with one attached hydrogen (secondary N) is 1. The molecule has 0 unspecified atom stereocenters. The quantitative estimate of drug-likeness (QED) is 0.422. The second kappa shape index (κ2) is 6.92. The number of hydrogen-bond acceptors (Lipinski definition) is 3. The third-order valence-corrected chi connectivity index (χ3v) is 7.70. The van der Waals surface area contributed by atoms with Gasteiger partial charge < -0.3 is 10.1 Å². The smallest absolute Gasteiger partial charge is 0.406 e. The Bertz CT molecular complexity index is 1070. The van der Waals surface area contributed by atoms with Crippen LogP contribution in [0.1, 0.15) is 31.4 Å². The van der Waals surface area contributed by atoms with Crippen molar-refractivity contribution in [2.24, 2.45) is 5.41 Å². The second-order valence-corrected chi connectivity index (χ2v) is 9.51. The number of rotatable bonds is 7. The van der Waals surface area contributed by atoms with Crippen LogP contribution in [-0.2, 0) is 0 Å². The second-order valence-electron chi connectivity index (χ2n) is 8.46. The maximum atomic E-state index is 12.3. The molecule has 0 saturated heterocycles. The highest BCUT2D eigenvalue weighted by Gasteiger charge is 2.82. The van der Waals surface area contributed by atoms with Crippen molar-refractivity contribution in [2.45, 2.75) is 42.6 Å². The molecular weight excluding hydrogens is 407 g/mol. The first-order valence-corrected chi connectivity index (χ1v) is 11.0. The van der Waals surface area contributed by atoms with E-state index in [2.05, 4.69) is 59.4 Å². The van der Waals surface area contributed by atoms with Crippen LogP contribution in [0.15, 0.2) is 71.6 Å². The molecule has 3 aromatic carbocycles. The van der Waals surface area contributed by atoms with Crippen LogP contribution in [0.25, 0.3) is 10.8 Å². The normalized spacial score (nSPS) is 25.6. The van der Waals surface area contributed by atoms with Gasteiger partial charge in [0.15, 0.2) is 0 Å². The Kier molecular flexibility index (Phi) is 4.56. The van der Waals surface area contributed by atoms with Gasteiger partial charge >= 0.3 is 6.36 Å². The molecule has 156 valence electrons. The zero-order valence-electron chi connectivity index (χ0n) is 16.5. The van der Waals surface area contributed by atoms with Gasteiger partial charge in [0.1, 0.15) is 5.75 Å². The summed E-state index contributed by atoms with van der Waals surface area (Å²) in [6.45, 7) is 2.23. The maximum Gasteiger partial charge on any atom is 0.573 e. The first-order chi connectivity index (χ1) is 14.3. The number of fused-ring (bicyclic) bond motifs is 2. The molecule has 1 atom stereocenters. The van der Waals surface area contributed by atoms with E-state index >= 15 is 0 Å². The van der Waals surface area contributed by atoms with Gasteiger partial charge in [-0.15, -0.1) is 24.9 Å². The minimum absolute atomic E-state index is 0.178. The van der Waals surface area contributed by atoms with Crippen molar-refractivity contribution in [3.63, 3.8) is 0 Å². The van der Waals surface area contributed by atoms with Gasteiger partial charge in [0.2, 0.25) is 0 Å². The van der Waals surface area contributed by atoms with E-state index in [0.29, 0.717) is 5.41 Å². The molecule has 2 nitrogen and oxygen atoms in total. The third-order valence-electron chi connectivity index (χ3n) is 6.40. The van der Waals surface area contributed by atoms with Gasteiger partial charge in [0.25, 0.3) is 0 Å². The number of benzene rings is 3. The van der Waals surface area contributed by atoms with Crippen LogP contribution < -0.4 is 10.1 Å². The third kappa shape index (κ3) is 3.67. The zero-order chi connectivity index (χ0) is 21.0. The van der Waals surface area contributed by atoms with Crippen molar-refractivity contribution in [2.75, 3.05) is 5.75 Å². The van der Waals surface area contributed by atoms with E-state index < -0.39 is 6.36 Å². The monoisotopic (exact) mass is 429 g/mol. The Labute approximate surface area is 177 Å². The van der Waals surface area contributed by atoms with Crippen LogP contribution >= 0.6 is 11.8 Å². The van der Waals surface area contributed by atoms with Gasteiger partial charge in [-0.25, -0.2) is 0 Å². The van der Waals surface area contributed by atoms with Crippen LogP contribution in [0.2, 0.25) is 0 Å². The van der Waals surface area contributed by atoms with Gasteiger partial charge in [-0.05, 0) is 60.4 Å². The highest BCUT2D eigenvalue weighted by molar-refractivity contribution is 7.99. The molecular formula is C24H22F3NOS. The summed E-state index contributed by atoms with van der Waals surface area (Å²) < 4.78 is 40.8. The Balaban J connectivity index is 1.19. The first-order valence-electron chi connectivity index (χ1n) is 10.0. The van der Waals surface area contributed by atoms with Crippen molar-refractivity contribution in [1.82, 2.24) is 5.32 Å². The van der Waals surface area contributed by atoms with Crippen LogP contribution in [0.4, 0.5) is 13.2 Å². The zero-order valence-corrected chi connectivity index (χ0v) is 17.3. The average molecular weight is 430 g/mol. The Hall–Kier alpha value is -2.18. The maximum absolute atomic E-state index is 12.3. The molecule has 0 aliphatic heterocycles. The lowest BCUT2D eigenvalue weighted by Gasteiger charge is -2.18. The molecule has 6 heteroatoms. The molecule has 5 rings (SSSR count). The molecule has 0 aromatic heterocycles. The largest absolute Gasteiger partial charge is 0.573 e. The number of alkyl halides is 3. The molecule has 0 heterocycles. The molecule has 0 radical (unpaired) electrons. The van der Waals surface area contributed by atoms with Crippen LogP contribution in [0, 0.1) is 5.41 Å².